The van der Waals surface area contributed by atoms with Crippen LogP contribution >= 0.6 is 22.9 Å². The molecule has 1 heterocycles. The Hall–Kier alpha value is -1.13. The molecular weight excluding hydrogens is 268 g/mol. The van der Waals surface area contributed by atoms with Crippen LogP contribution in [0.4, 0.5) is 5.13 Å². The second-order valence-corrected chi connectivity index (χ2v) is 6.08. The van der Waals surface area contributed by atoms with E-state index in [0.717, 1.165) is 16.6 Å². The van der Waals surface area contributed by atoms with E-state index in [0.29, 0.717) is 22.5 Å². The van der Waals surface area contributed by atoms with E-state index >= 15 is 0 Å². The van der Waals surface area contributed by atoms with Gasteiger partial charge in [-0.3, -0.25) is 4.79 Å². The summed E-state index contributed by atoms with van der Waals surface area (Å²) < 4.78 is 0.988. The fourth-order valence-corrected chi connectivity index (χ4v) is 2.71. The Morgan fingerprint density at radius 1 is 1.50 bits per heavy atom. The first-order chi connectivity index (χ1) is 8.54. The predicted octanol–water partition coefficient (Wildman–Crippen LogP) is 4.32. The molecule has 0 saturated heterocycles. The minimum absolute atomic E-state index is 0.0221. The molecule has 0 saturated carbocycles. The molecule has 2 rings (SSSR count). The lowest BCUT2D eigenvalue weighted by Crippen LogP contribution is -2.11. The summed E-state index contributed by atoms with van der Waals surface area (Å²) >= 11 is 7.36. The van der Waals surface area contributed by atoms with Crippen molar-refractivity contribution in [3.8, 4) is 0 Å². The van der Waals surface area contributed by atoms with Crippen LogP contribution in [-0.2, 0) is 4.79 Å². The quantitative estimate of drug-likeness (QED) is 0.907. The Labute approximate surface area is 115 Å². The Bertz CT molecular complexity index is 565. The molecule has 3 nitrogen and oxygen atoms in total. The number of anilines is 1. The summed E-state index contributed by atoms with van der Waals surface area (Å²) in [5, 5.41) is 4.16. The molecule has 1 amide bonds. The Kier molecular flexibility index (Phi) is 4.19. The number of amides is 1. The molecule has 5 heteroatoms. The van der Waals surface area contributed by atoms with Crippen LogP contribution in [0.1, 0.15) is 26.7 Å². The molecule has 0 spiro atoms. The molecule has 0 aliphatic heterocycles. The highest BCUT2D eigenvalue weighted by atomic mass is 35.5. The maximum absolute atomic E-state index is 11.7. The lowest BCUT2D eigenvalue weighted by molar-refractivity contribution is -0.116. The molecule has 0 unspecified atom stereocenters. The Balaban J connectivity index is 2.05. The average Bonchev–Trinajstić information content (AvgIpc) is 2.67. The van der Waals surface area contributed by atoms with Crippen molar-refractivity contribution >= 4 is 44.2 Å². The van der Waals surface area contributed by atoms with Crippen molar-refractivity contribution in [3.05, 3.63) is 23.2 Å². The number of aromatic nitrogens is 1. The summed E-state index contributed by atoms with van der Waals surface area (Å²) in [6.45, 7) is 4.21. The summed E-state index contributed by atoms with van der Waals surface area (Å²) in [6, 6.07) is 5.52. The number of carbonyl (C=O) groups is 1. The molecule has 2 aromatic rings. The second-order valence-electron chi connectivity index (χ2n) is 4.61. The summed E-state index contributed by atoms with van der Waals surface area (Å²) in [7, 11) is 0. The van der Waals surface area contributed by atoms with Crippen LogP contribution in [0.2, 0.25) is 5.02 Å². The van der Waals surface area contributed by atoms with Gasteiger partial charge in [-0.15, -0.1) is 0 Å². The molecule has 1 aromatic heterocycles. The molecule has 0 bridgehead atoms. The van der Waals surface area contributed by atoms with Gasteiger partial charge in [0.25, 0.3) is 0 Å². The number of halogens is 1. The Morgan fingerprint density at radius 3 is 3.00 bits per heavy atom. The number of nitrogens with one attached hydrogen (secondary N) is 1. The van der Waals surface area contributed by atoms with Gasteiger partial charge in [0.05, 0.1) is 10.2 Å². The number of carbonyl (C=O) groups excluding carboxylic acids is 1. The van der Waals surface area contributed by atoms with Crippen LogP contribution in [-0.4, -0.2) is 10.9 Å². The number of hydrogen-bond acceptors (Lipinski definition) is 3. The highest BCUT2D eigenvalue weighted by Crippen LogP contribution is 2.28. The molecule has 96 valence electrons. The topological polar surface area (TPSA) is 42.0 Å². The van der Waals surface area contributed by atoms with Crippen molar-refractivity contribution < 1.29 is 4.79 Å². The van der Waals surface area contributed by atoms with Gasteiger partial charge < -0.3 is 5.32 Å². The van der Waals surface area contributed by atoms with E-state index in [9.17, 15) is 4.79 Å². The van der Waals surface area contributed by atoms with Gasteiger partial charge in [-0.2, -0.15) is 0 Å². The predicted molar refractivity (Wildman–Crippen MR) is 77.3 cm³/mol. The average molecular weight is 283 g/mol. The van der Waals surface area contributed by atoms with Crippen LogP contribution in [0.15, 0.2) is 18.2 Å². The number of rotatable bonds is 4. The lowest BCUT2D eigenvalue weighted by Gasteiger charge is -2.03. The zero-order chi connectivity index (χ0) is 13.1. The highest BCUT2D eigenvalue weighted by Gasteiger charge is 2.08. The van der Waals surface area contributed by atoms with E-state index < -0.39 is 0 Å². The van der Waals surface area contributed by atoms with Crippen molar-refractivity contribution in [1.29, 1.82) is 0 Å². The van der Waals surface area contributed by atoms with E-state index in [1.165, 1.54) is 11.3 Å². The maximum Gasteiger partial charge on any atom is 0.226 e. The minimum atomic E-state index is 0.0221. The standard InChI is InChI=1S/C13H15ClN2OS/c1-8(2)3-6-12(17)16-13-15-10-5-4-9(14)7-11(10)18-13/h4-5,7-8H,3,6H2,1-2H3,(H,15,16,17). The summed E-state index contributed by atoms with van der Waals surface area (Å²) in [5.74, 6) is 0.554. The summed E-state index contributed by atoms with van der Waals surface area (Å²) in [6.07, 6.45) is 1.43. The van der Waals surface area contributed by atoms with Crippen molar-refractivity contribution in [1.82, 2.24) is 4.98 Å². The SMILES string of the molecule is CC(C)CCC(=O)Nc1nc2ccc(Cl)cc2s1. The van der Waals surface area contributed by atoms with Gasteiger partial charge in [0.15, 0.2) is 5.13 Å². The highest BCUT2D eigenvalue weighted by molar-refractivity contribution is 7.22. The molecule has 0 aliphatic carbocycles. The number of benzene rings is 1. The first-order valence-electron chi connectivity index (χ1n) is 5.90. The fourth-order valence-electron chi connectivity index (χ4n) is 1.55. The molecule has 0 atom stereocenters. The van der Waals surface area contributed by atoms with Crippen LogP contribution in [0.3, 0.4) is 0 Å². The molecular formula is C13H15ClN2OS. The van der Waals surface area contributed by atoms with Gasteiger partial charge >= 0.3 is 0 Å². The molecule has 18 heavy (non-hydrogen) atoms. The first kappa shape index (κ1) is 13.3. The van der Waals surface area contributed by atoms with E-state index in [4.69, 9.17) is 11.6 Å². The lowest BCUT2D eigenvalue weighted by atomic mass is 10.1. The molecule has 0 radical (unpaired) electrons. The van der Waals surface area contributed by atoms with Gasteiger partial charge in [-0.1, -0.05) is 36.8 Å². The molecule has 1 N–H and O–H groups in total. The molecule has 0 fully saturated rings. The van der Waals surface area contributed by atoms with Gasteiger partial charge in [-0.05, 0) is 30.5 Å². The largest absolute Gasteiger partial charge is 0.302 e. The van der Waals surface area contributed by atoms with Gasteiger partial charge in [-0.25, -0.2) is 4.98 Å². The van der Waals surface area contributed by atoms with Gasteiger partial charge in [0, 0.05) is 11.4 Å². The van der Waals surface area contributed by atoms with Gasteiger partial charge in [0.2, 0.25) is 5.91 Å². The van der Waals surface area contributed by atoms with Crippen molar-refractivity contribution in [3.63, 3.8) is 0 Å². The number of thiazole rings is 1. The van der Waals surface area contributed by atoms with Crippen LogP contribution in [0.25, 0.3) is 10.2 Å². The monoisotopic (exact) mass is 282 g/mol. The van der Waals surface area contributed by atoms with Crippen LogP contribution < -0.4 is 5.32 Å². The third-order valence-corrected chi connectivity index (χ3v) is 3.71. The zero-order valence-electron chi connectivity index (χ0n) is 10.4. The van der Waals surface area contributed by atoms with Gasteiger partial charge in [0.1, 0.15) is 0 Å². The third-order valence-electron chi connectivity index (χ3n) is 2.55. The normalized spacial score (nSPS) is 11.1. The van der Waals surface area contributed by atoms with E-state index in [2.05, 4.69) is 24.1 Å². The van der Waals surface area contributed by atoms with E-state index in [-0.39, 0.29) is 5.91 Å². The summed E-state index contributed by atoms with van der Waals surface area (Å²) in [4.78, 5) is 16.0. The van der Waals surface area contributed by atoms with Crippen LogP contribution in [0.5, 0.6) is 0 Å². The number of fused-ring (bicyclic) bond motifs is 1. The Morgan fingerprint density at radius 2 is 2.28 bits per heavy atom. The fraction of sp³-hybridized carbons (Fsp3) is 0.385. The van der Waals surface area contributed by atoms with Crippen molar-refractivity contribution in [2.75, 3.05) is 5.32 Å². The maximum atomic E-state index is 11.7. The minimum Gasteiger partial charge on any atom is -0.302 e. The van der Waals surface area contributed by atoms with E-state index in [1.54, 1.807) is 6.07 Å². The smallest absolute Gasteiger partial charge is 0.226 e. The molecule has 0 aliphatic rings. The van der Waals surface area contributed by atoms with Crippen molar-refractivity contribution in [2.45, 2.75) is 26.7 Å². The second kappa shape index (κ2) is 5.67. The first-order valence-corrected chi connectivity index (χ1v) is 7.10. The number of hydrogen-bond donors (Lipinski definition) is 1. The van der Waals surface area contributed by atoms with Crippen LogP contribution in [0, 0.1) is 5.92 Å². The number of nitrogens with zero attached hydrogens (tertiary/aromatic N) is 1. The third kappa shape index (κ3) is 3.43. The molecule has 1 aromatic carbocycles. The van der Waals surface area contributed by atoms with E-state index in [1.807, 2.05) is 12.1 Å². The summed E-state index contributed by atoms with van der Waals surface area (Å²) in [5.41, 5.74) is 0.864. The van der Waals surface area contributed by atoms with Crippen molar-refractivity contribution in [2.24, 2.45) is 5.92 Å². The zero-order valence-corrected chi connectivity index (χ0v) is 11.9.